The summed E-state index contributed by atoms with van der Waals surface area (Å²) in [4.78, 5) is 57.0. The summed E-state index contributed by atoms with van der Waals surface area (Å²) in [6.45, 7) is 0.493. The van der Waals surface area contributed by atoms with Gasteiger partial charge in [0.15, 0.2) is 0 Å². The van der Waals surface area contributed by atoms with E-state index in [0.29, 0.717) is 38.2 Å². The van der Waals surface area contributed by atoms with Gasteiger partial charge in [0.2, 0.25) is 11.8 Å². The van der Waals surface area contributed by atoms with Gasteiger partial charge in [0.1, 0.15) is 31.6 Å². The number of fused-ring (bicyclic) bond motifs is 4. The fourth-order valence-electron chi connectivity index (χ4n) is 8.83. The lowest BCUT2D eigenvalue weighted by atomic mass is 9.92. The number of hydrogen-bond acceptors (Lipinski definition) is 8. The monoisotopic (exact) mass is 847 g/mol. The van der Waals surface area contributed by atoms with E-state index in [1.165, 1.54) is 0 Å². The Morgan fingerprint density at radius 1 is 0.794 bits per heavy atom. The van der Waals surface area contributed by atoms with Crippen molar-refractivity contribution in [3.63, 3.8) is 0 Å². The molecule has 63 heavy (non-hydrogen) atoms. The molecule has 11 nitrogen and oxygen atoms in total. The van der Waals surface area contributed by atoms with Crippen molar-refractivity contribution in [2.45, 2.75) is 75.7 Å². The van der Waals surface area contributed by atoms with Gasteiger partial charge in [-0.25, -0.2) is 9.59 Å². The Morgan fingerprint density at radius 3 is 2.21 bits per heavy atom. The minimum absolute atomic E-state index is 0.0687. The van der Waals surface area contributed by atoms with Gasteiger partial charge >= 0.3 is 12.1 Å². The van der Waals surface area contributed by atoms with Crippen LogP contribution in [0.3, 0.4) is 0 Å². The maximum atomic E-state index is 14.2. The first-order valence-corrected chi connectivity index (χ1v) is 21.8. The molecule has 0 aromatic heterocycles. The maximum absolute atomic E-state index is 14.2. The van der Waals surface area contributed by atoms with Crippen LogP contribution in [0.1, 0.15) is 65.0 Å². The van der Waals surface area contributed by atoms with Gasteiger partial charge in [0.05, 0.1) is 24.6 Å². The van der Waals surface area contributed by atoms with E-state index in [-0.39, 0.29) is 56.8 Å². The van der Waals surface area contributed by atoms with E-state index in [1.54, 1.807) is 4.90 Å². The van der Waals surface area contributed by atoms with E-state index in [2.05, 4.69) is 22.8 Å². The zero-order chi connectivity index (χ0) is 43.5. The fraction of sp³-hybridized carbons (Fsp3) is 0.308. The van der Waals surface area contributed by atoms with E-state index in [9.17, 15) is 24.3 Å². The Bertz CT molecular complexity index is 2370. The van der Waals surface area contributed by atoms with Crippen molar-refractivity contribution < 1.29 is 38.5 Å². The molecule has 11 heteroatoms. The fourth-order valence-corrected chi connectivity index (χ4v) is 8.83. The Balaban J connectivity index is 0.962. The molecule has 4 unspecified atom stereocenters. The van der Waals surface area contributed by atoms with Gasteiger partial charge in [-0.15, -0.1) is 0 Å². The maximum Gasteiger partial charge on any atom is 0.407 e. The second-order valence-electron chi connectivity index (χ2n) is 16.5. The minimum Gasteiger partial charge on any atom is -0.489 e. The van der Waals surface area contributed by atoms with Crippen LogP contribution in [0, 0.1) is 5.92 Å². The Morgan fingerprint density at radius 2 is 1.48 bits per heavy atom. The number of ether oxygens (including phenoxy) is 3. The third-order valence-electron chi connectivity index (χ3n) is 12.2. The number of alkyl carbamates (subject to hydrolysis) is 1. The average Bonchev–Trinajstić information content (AvgIpc) is 3.64. The predicted molar refractivity (Wildman–Crippen MR) is 238 cm³/mol. The molecule has 0 saturated heterocycles. The van der Waals surface area contributed by atoms with Crippen LogP contribution in [0.25, 0.3) is 11.1 Å². The summed E-state index contributed by atoms with van der Waals surface area (Å²) in [6.07, 6.45) is 4.64. The lowest BCUT2D eigenvalue weighted by molar-refractivity contribution is -0.147. The van der Waals surface area contributed by atoms with Crippen LogP contribution < -0.4 is 15.4 Å². The zero-order valence-electron chi connectivity index (χ0n) is 35.2. The number of amides is 3. The number of nitrogens with zero attached hydrogens (tertiary/aromatic N) is 1. The number of benzene rings is 5. The van der Waals surface area contributed by atoms with Crippen molar-refractivity contribution in [2.75, 3.05) is 19.8 Å². The summed E-state index contributed by atoms with van der Waals surface area (Å²) in [7, 11) is 0. The number of rotatable bonds is 11. The molecule has 5 aromatic carbocycles. The molecule has 2 heterocycles. The molecule has 5 aromatic rings. The zero-order valence-corrected chi connectivity index (χ0v) is 35.2. The van der Waals surface area contributed by atoms with E-state index in [0.717, 1.165) is 44.5 Å². The number of carbonyl (C=O) groups excluding carboxylic acids is 4. The van der Waals surface area contributed by atoms with Crippen LogP contribution in [-0.2, 0) is 49.9 Å². The largest absolute Gasteiger partial charge is 0.489 e. The Hall–Kier alpha value is -6.72. The number of aliphatic hydroxyl groups excluding tert-OH is 1. The summed E-state index contributed by atoms with van der Waals surface area (Å²) in [6, 6.07) is 39.4. The lowest BCUT2D eigenvalue weighted by Gasteiger charge is -2.36. The normalized spacial score (nSPS) is 20.0. The summed E-state index contributed by atoms with van der Waals surface area (Å²) < 4.78 is 17.7. The van der Waals surface area contributed by atoms with E-state index in [4.69, 9.17) is 14.2 Å². The molecular formula is C52H53N3O8. The van der Waals surface area contributed by atoms with Crippen molar-refractivity contribution in [3.8, 4) is 16.9 Å². The molecule has 4 atom stereocenters. The molecule has 0 radical (unpaired) electrons. The third kappa shape index (κ3) is 10.7. The Kier molecular flexibility index (Phi) is 13.9. The van der Waals surface area contributed by atoms with Gasteiger partial charge in [-0.2, -0.15) is 0 Å². The minimum atomic E-state index is -1.02. The quantitative estimate of drug-likeness (QED) is 0.0921. The van der Waals surface area contributed by atoms with Crippen LogP contribution >= 0.6 is 0 Å². The number of hydrogen-bond donors (Lipinski definition) is 3. The van der Waals surface area contributed by atoms with Gasteiger partial charge < -0.3 is 34.9 Å². The van der Waals surface area contributed by atoms with Gasteiger partial charge in [-0.3, -0.25) is 9.59 Å². The highest BCUT2D eigenvalue weighted by Crippen LogP contribution is 2.44. The topological polar surface area (TPSA) is 144 Å². The standard InChI is InChI=1S/C52H53N3O8/c56-31-41-28-37-15-7-8-17-39(37)30-55(41)49(57)29-38-16-5-2-6-22-48(54-52(60)63-34-47-45-20-11-9-18-43(45)44-19-10-12-21-46(44)47)51(59)62-33-40(53-50(38)58)27-35-23-25-42(26-24-35)61-32-36-13-3-1-4-14-36/h1-5,7-15,17-21,23-26,38,40-41,47-48,56H,6,16,22,27-34H2,(H,53,58)(H,54,60). The van der Waals surface area contributed by atoms with Crippen LogP contribution in [0.5, 0.6) is 5.75 Å². The van der Waals surface area contributed by atoms with Gasteiger partial charge in [0.25, 0.3) is 0 Å². The van der Waals surface area contributed by atoms with Crippen molar-refractivity contribution in [3.05, 3.63) is 173 Å². The Labute approximate surface area is 368 Å². The molecule has 0 spiro atoms. The highest BCUT2D eigenvalue weighted by molar-refractivity contribution is 5.87. The molecule has 3 N–H and O–H groups in total. The second-order valence-corrected chi connectivity index (χ2v) is 16.5. The van der Waals surface area contributed by atoms with Crippen molar-refractivity contribution in [1.82, 2.24) is 15.5 Å². The number of cyclic esters (lactones) is 1. The molecule has 3 aliphatic rings. The van der Waals surface area contributed by atoms with Crippen molar-refractivity contribution >= 4 is 23.9 Å². The van der Waals surface area contributed by atoms with Crippen molar-refractivity contribution in [1.29, 1.82) is 0 Å². The molecule has 8 rings (SSSR count). The van der Waals surface area contributed by atoms with Gasteiger partial charge in [-0.1, -0.05) is 127 Å². The first kappa shape index (κ1) is 42.9. The summed E-state index contributed by atoms with van der Waals surface area (Å²) in [5, 5.41) is 16.1. The van der Waals surface area contributed by atoms with Crippen LogP contribution in [0.15, 0.2) is 140 Å². The summed E-state index contributed by atoms with van der Waals surface area (Å²) >= 11 is 0. The van der Waals surface area contributed by atoms with Gasteiger partial charge in [-0.05, 0) is 88.7 Å². The molecule has 1 aliphatic carbocycles. The van der Waals surface area contributed by atoms with Crippen LogP contribution in [0.4, 0.5) is 4.79 Å². The molecule has 0 fully saturated rings. The smallest absolute Gasteiger partial charge is 0.407 e. The number of allylic oxidation sites excluding steroid dienone is 2. The van der Waals surface area contributed by atoms with E-state index >= 15 is 0 Å². The first-order valence-electron chi connectivity index (χ1n) is 21.8. The molecular weight excluding hydrogens is 795 g/mol. The summed E-state index contributed by atoms with van der Waals surface area (Å²) in [5.74, 6) is -1.40. The number of nitrogens with one attached hydrogen (secondary N) is 2. The highest BCUT2D eigenvalue weighted by Gasteiger charge is 2.34. The van der Waals surface area contributed by atoms with E-state index in [1.807, 2.05) is 127 Å². The van der Waals surface area contributed by atoms with Gasteiger partial charge in [0, 0.05) is 18.9 Å². The predicted octanol–water partition coefficient (Wildman–Crippen LogP) is 7.44. The second kappa shape index (κ2) is 20.4. The number of carbonyl (C=O) groups is 4. The number of esters is 1. The molecule has 0 saturated carbocycles. The molecule has 0 bridgehead atoms. The average molecular weight is 848 g/mol. The lowest BCUT2D eigenvalue weighted by Crippen LogP contribution is -2.49. The van der Waals surface area contributed by atoms with E-state index < -0.39 is 36.1 Å². The number of aliphatic hydroxyl groups is 1. The SMILES string of the molecule is O=C(NC1CCC=CCC(CC(=O)N2Cc3ccccc3CC2CO)C(=O)NC(Cc2ccc(OCc3ccccc3)cc2)COC1=O)OCC1c2ccccc2-c2ccccc21. The first-order chi connectivity index (χ1) is 30.8. The van der Waals surface area contributed by atoms with Crippen LogP contribution in [0.2, 0.25) is 0 Å². The molecule has 324 valence electrons. The molecule has 2 aliphatic heterocycles. The van der Waals surface area contributed by atoms with Crippen LogP contribution in [-0.4, -0.2) is 71.8 Å². The highest BCUT2D eigenvalue weighted by atomic mass is 16.6. The van der Waals surface area contributed by atoms with Crippen molar-refractivity contribution in [2.24, 2.45) is 5.92 Å². The summed E-state index contributed by atoms with van der Waals surface area (Å²) in [5.41, 5.74) is 8.41. The molecule has 3 amide bonds. The third-order valence-corrected chi connectivity index (χ3v) is 12.2.